The van der Waals surface area contributed by atoms with E-state index in [0.29, 0.717) is 12.0 Å². The molecule has 260 valence electrons. The molecule has 0 bridgehead atoms. The third kappa shape index (κ3) is 23.5. The fourth-order valence-electron chi connectivity index (χ4n) is 7.31. The highest BCUT2D eigenvalue weighted by Gasteiger charge is 2.25. The van der Waals surface area contributed by atoms with Crippen molar-refractivity contribution in [3.05, 3.63) is 18.2 Å². The van der Waals surface area contributed by atoms with E-state index in [1.54, 1.807) is 0 Å². The lowest BCUT2D eigenvalue weighted by Gasteiger charge is -2.17. The van der Waals surface area contributed by atoms with Crippen LogP contribution in [0, 0.1) is 0 Å². The molecule has 1 N–H and O–H groups in total. The van der Waals surface area contributed by atoms with Gasteiger partial charge in [0, 0.05) is 0 Å². The van der Waals surface area contributed by atoms with Crippen LogP contribution >= 0.6 is 0 Å². The summed E-state index contributed by atoms with van der Waals surface area (Å²) in [7, 11) is 0. The summed E-state index contributed by atoms with van der Waals surface area (Å²) < 4.78 is 2.64. The molecule has 2 heteroatoms. The number of nitrogens with zero attached hydrogens (tertiary/aromatic N) is 1. The fourth-order valence-corrected chi connectivity index (χ4v) is 7.31. The van der Waals surface area contributed by atoms with Crippen LogP contribution in [0.15, 0.2) is 12.4 Å². The van der Waals surface area contributed by atoms with Crippen LogP contribution in [-0.2, 0) is 0 Å². The summed E-state index contributed by atoms with van der Waals surface area (Å²) in [5, 5.41) is 0. The summed E-state index contributed by atoms with van der Waals surface area (Å²) in [6.07, 6.45) is 51.6. The standard InChI is InChI=1S/C42H82N2/c1-5-8-11-14-17-20-22-25-28-31-34-37-41(36-33-30-27-23-19-16-13-10-7-3)42-43-38-39-44(42)40(4)35-32-29-26-24-21-18-15-12-9-6-2/h38-41H,5-37H2,1-4H3/p+1. The van der Waals surface area contributed by atoms with E-state index < -0.39 is 0 Å². The summed E-state index contributed by atoms with van der Waals surface area (Å²) in [5.74, 6) is 2.25. The Bertz CT molecular complexity index is 679. The van der Waals surface area contributed by atoms with E-state index in [-0.39, 0.29) is 0 Å². The van der Waals surface area contributed by atoms with Crippen LogP contribution in [0.25, 0.3) is 0 Å². The van der Waals surface area contributed by atoms with Crippen molar-refractivity contribution in [3.63, 3.8) is 0 Å². The fraction of sp³-hybridized carbons (Fsp3) is 0.929. The predicted molar refractivity (Wildman–Crippen MR) is 198 cm³/mol. The van der Waals surface area contributed by atoms with E-state index in [2.05, 4.69) is 49.6 Å². The first kappa shape index (κ1) is 41.2. The van der Waals surface area contributed by atoms with Crippen molar-refractivity contribution in [2.24, 2.45) is 0 Å². The van der Waals surface area contributed by atoms with Crippen molar-refractivity contribution < 1.29 is 4.57 Å². The average molecular weight is 616 g/mol. The lowest BCUT2D eigenvalue weighted by atomic mass is 9.92. The molecular formula is C42H83N2+. The molecule has 1 aromatic heterocycles. The lowest BCUT2D eigenvalue weighted by molar-refractivity contribution is -0.727. The summed E-state index contributed by atoms with van der Waals surface area (Å²) in [5.41, 5.74) is 0. The Labute approximate surface area is 278 Å². The van der Waals surface area contributed by atoms with E-state index in [9.17, 15) is 0 Å². The first-order valence-electron chi connectivity index (χ1n) is 20.8. The molecule has 2 nitrogen and oxygen atoms in total. The van der Waals surface area contributed by atoms with Crippen LogP contribution in [-0.4, -0.2) is 4.98 Å². The number of unbranched alkanes of at least 4 members (excludes halogenated alkanes) is 27. The topological polar surface area (TPSA) is 19.7 Å². The van der Waals surface area contributed by atoms with E-state index >= 15 is 0 Å². The summed E-state index contributed by atoms with van der Waals surface area (Å²) in [4.78, 5) is 3.76. The Morgan fingerprint density at radius 1 is 0.432 bits per heavy atom. The average Bonchev–Trinajstić information content (AvgIpc) is 3.52. The van der Waals surface area contributed by atoms with E-state index in [4.69, 9.17) is 0 Å². The quantitative estimate of drug-likeness (QED) is 0.0579. The largest absolute Gasteiger partial charge is 0.257 e. The number of hydrogen-bond donors (Lipinski definition) is 1. The molecule has 0 aliphatic carbocycles. The van der Waals surface area contributed by atoms with Crippen molar-refractivity contribution in [1.29, 1.82) is 0 Å². The van der Waals surface area contributed by atoms with Crippen molar-refractivity contribution in [3.8, 4) is 0 Å². The first-order chi connectivity index (χ1) is 21.7. The number of nitrogens with one attached hydrogen (secondary N) is 1. The molecule has 44 heavy (non-hydrogen) atoms. The smallest absolute Gasteiger partial charge is 0.247 e. The van der Waals surface area contributed by atoms with Crippen LogP contribution in [0.4, 0.5) is 0 Å². The molecule has 0 aromatic carbocycles. The molecule has 1 heterocycles. The summed E-state index contributed by atoms with van der Waals surface area (Å²) >= 11 is 0. The first-order valence-corrected chi connectivity index (χ1v) is 20.8. The zero-order valence-electron chi connectivity index (χ0n) is 31.1. The minimum Gasteiger partial charge on any atom is -0.247 e. The SMILES string of the molecule is CCCCCCCCCCCCCC(CCCCCCCCCCC)c1[nH]cc[n+]1C(C)CCCCCCCCCCCC. The van der Waals surface area contributed by atoms with Crippen LogP contribution in [0.1, 0.15) is 257 Å². The van der Waals surface area contributed by atoms with Crippen LogP contribution < -0.4 is 4.57 Å². The monoisotopic (exact) mass is 616 g/mol. The van der Waals surface area contributed by atoms with Gasteiger partial charge in [-0.25, -0.2) is 9.55 Å². The number of aromatic nitrogens is 2. The van der Waals surface area contributed by atoms with Gasteiger partial charge in [0.05, 0.1) is 12.0 Å². The molecule has 0 fully saturated rings. The van der Waals surface area contributed by atoms with Gasteiger partial charge in [0.25, 0.3) is 5.82 Å². The zero-order valence-corrected chi connectivity index (χ0v) is 31.1. The van der Waals surface area contributed by atoms with Crippen molar-refractivity contribution in [2.75, 3.05) is 0 Å². The molecule has 0 spiro atoms. The van der Waals surface area contributed by atoms with Gasteiger partial charge in [-0.05, 0) is 32.6 Å². The second-order valence-electron chi connectivity index (χ2n) is 14.7. The molecule has 1 rings (SSSR count). The molecule has 0 radical (unpaired) electrons. The molecular weight excluding hydrogens is 532 g/mol. The Kier molecular flexibility index (Phi) is 30.1. The zero-order chi connectivity index (χ0) is 31.8. The van der Waals surface area contributed by atoms with E-state index in [0.717, 1.165) is 0 Å². The van der Waals surface area contributed by atoms with Crippen LogP contribution in [0.2, 0.25) is 0 Å². The van der Waals surface area contributed by atoms with Gasteiger partial charge in [-0.3, -0.25) is 0 Å². The van der Waals surface area contributed by atoms with Crippen molar-refractivity contribution >= 4 is 0 Å². The minimum atomic E-state index is 0.619. The van der Waals surface area contributed by atoms with Gasteiger partial charge < -0.3 is 0 Å². The molecule has 0 aliphatic heterocycles. The van der Waals surface area contributed by atoms with Crippen molar-refractivity contribution in [1.82, 2.24) is 4.98 Å². The van der Waals surface area contributed by atoms with Crippen LogP contribution in [0.5, 0.6) is 0 Å². The van der Waals surface area contributed by atoms with E-state index in [1.807, 2.05) is 0 Å². The number of imidazole rings is 1. The molecule has 0 saturated carbocycles. The maximum atomic E-state index is 3.76. The maximum Gasteiger partial charge on any atom is 0.257 e. The second kappa shape index (κ2) is 32.2. The Balaban J connectivity index is 2.42. The Morgan fingerprint density at radius 2 is 0.727 bits per heavy atom. The Morgan fingerprint density at radius 3 is 1.07 bits per heavy atom. The minimum absolute atomic E-state index is 0.619. The third-order valence-corrected chi connectivity index (χ3v) is 10.4. The summed E-state index contributed by atoms with van der Waals surface area (Å²) in [6, 6.07) is 0.619. The summed E-state index contributed by atoms with van der Waals surface area (Å²) in [6.45, 7) is 9.42. The number of rotatable bonds is 35. The predicted octanol–water partition coefficient (Wildman–Crippen LogP) is 14.9. The van der Waals surface area contributed by atoms with Crippen LogP contribution in [0.3, 0.4) is 0 Å². The number of hydrogen-bond acceptors (Lipinski definition) is 0. The van der Waals surface area contributed by atoms with Gasteiger partial charge >= 0.3 is 0 Å². The van der Waals surface area contributed by atoms with E-state index in [1.165, 1.54) is 218 Å². The molecule has 0 saturated heterocycles. The number of H-pyrrole nitrogens is 1. The molecule has 1 aromatic rings. The Hall–Kier alpha value is -0.790. The van der Waals surface area contributed by atoms with Gasteiger partial charge in [0.2, 0.25) is 0 Å². The van der Waals surface area contributed by atoms with Gasteiger partial charge in [-0.15, -0.1) is 0 Å². The third-order valence-electron chi connectivity index (χ3n) is 10.4. The highest BCUT2D eigenvalue weighted by atomic mass is 15.1. The van der Waals surface area contributed by atoms with Gasteiger partial charge in [0.15, 0.2) is 0 Å². The lowest BCUT2D eigenvalue weighted by Crippen LogP contribution is -2.41. The molecule has 0 amide bonds. The van der Waals surface area contributed by atoms with Gasteiger partial charge in [-0.2, -0.15) is 0 Å². The maximum absolute atomic E-state index is 3.76. The normalized spacial score (nSPS) is 13.1. The molecule has 2 unspecified atom stereocenters. The highest BCUT2D eigenvalue weighted by molar-refractivity contribution is 4.90. The highest BCUT2D eigenvalue weighted by Crippen LogP contribution is 2.27. The molecule has 0 aliphatic rings. The van der Waals surface area contributed by atoms with Gasteiger partial charge in [0.1, 0.15) is 12.4 Å². The van der Waals surface area contributed by atoms with Crippen molar-refractivity contribution in [2.45, 2.75) is 252 Å². The number of aromatic amines is 1. The second-order valence-corrected chi connectivity index (χ2v) is 14.7. The molecule has 2 atom stereocenters. The van der Waals surface area contributed by atoms with Gasteiger partial charge in [-0.1, -0.05) is 207 Å².